The Balaban J connectivity index is 1.40. The molecule has 162 valence electrons. The van der Waals surface area contributed by atoms with Gasteiger partial charge in [-0.25, -0.2) is 9.37 Å². The molecule has 1 saturated heterocycles. The van der Waals surface area contributed by atoms with Gasteiger partial charge < -0.3 is 18.8 Å². The summed E-state index contributed by atoms with van der Waals surface area (Å²) in [7, 11) is 1.58. The van der Waals surface area contributed by atoms with Crippen molar-refractivity contribution in [1.29, 1.82) is 0 Å². The number of hydrogen-bond acceptors (Lipinski definition) is 5. The molecule has 1 atom stereocenters. The van der Waals surface area contributed by atoms with Gasteiger partial charge in [0.1, 0.15) is 17.6 Å². The number of ether oxygens (including phenoxy) is 2. The molecule has 0 bridgehead atoms. The maximum Gasteiger partial charge on any atom is 0.261 e. The number of aryl methyl sites for hydroxylation is 1. The highest BCUT2D eigenvalue weighted by Crippen LogP contribution is 2.33. The van der Waals surface area contributed by atoms with Crippen molar-refractivity contribution in [3.05, 3.63) is 77.3 Å². The predicted molar refractivity (Wildman–Crippen MR) is 113 cm³/mol. The minimum atomic E-state index is -0.271. The molecule has 6 nitrogen and oxygen atoms in total. The summed E-state index contributed by atoms with van der Waals surface area (Å²) in [4.78, 5) is 19.0. The summed E-state index contributed by atoms with van der Waals surface area (Å²) in [5.41, 5.74) is 1.99. The van der Waals surface area contributed by atoms with Gasteiger partial charge in [-0.2, -0.15) is 0 Å². The third kappa shape index (κ3) is 4.87. The Bertz CT molecular complexity index is 1050. The number of benzene rings is 2. The highest BCUT2D eigenvalue weighted by atomic mass is 19.1. The zero-order chi connectivity index (χ0) is 21.8. The maximum absolute atomic E-state index is 13.1. The molecule has 0 aliphatic carbocycles. The molecule has 0 spiro atoms. The van der Waals surface area contributed by atoms with E-state index in [-0.39, 0.29) is 24.4 Å². The molecule has 1 aromatic heterocycles. The predicted octanol–water partition coefficient (Wildman–Crippen LogP) is 4.46. The Morgan fingerprint density at radius 3 is 2.81 bits per heavy atom. The third-order valence-electron chi connectivity index (χ3n) is 5.39. The first kappa shape index (κ1) is 20.9. The SMILES string of the molecule is COc1cc(C)ccc1OCC(=O)N1CCC[C@H]1c1ncc(Cc2ccc(F)cc2)o1. The first-order valence-corrected chi connectivity index (χ1v) is 10.3. The molecular formula is C24H25FN2O4. The summed E-state index contributed by atoms with van der Waals surface area (Å²) in [5, 5.41) is 0. The first-order chi connectivity index (χ1) is 15.0. The highest BCUT2D eigenvalue weighted by molar-refractivity contribution is 5.78. The number of aromatic nitrogens is 1. The van der Waals surface area contributed by atoms with Crippen molar-refractivity contribution in [1.82, 2.24) is 9.88 Å². The van der Waals surface area contributed by atoms with Crippen LogP contribution in [0, 0.1) is 12.7 Å². The smallest absolute Gasteiger partial charge is 0.261 e. The van der Waals surface area contributed by atoms with Crippen LogP contribution in [-0.4, -0.2) is 36.1 Å². The molecule has 1 fully saturated rings. The van der Waals surface area contributed by atoms with Crippen molar-refractivity contribution in [2.24, 2.45) is 0 Å². The molecular weight excluding hydrogens is 399 g/mol. The van der Waals surface area contributed by atoms with Crippen LogP contribution in [-0.2, 0) is 11.2 Å². The monoisotopic (exact) mass is 424 g/mol. The molecule has 0 unspecified atom stereocenters. The molecule has 31 heavy (non-hydrogen) atoms. The van der Waals surface area contributed by atoms with Crippen LogP contribution >= 0.6 is 0 Å². The second kappa shape index (κ2) is 9.20. The molecule has 0 N–H and O–H groups in total. The van der Waals surface area contributed by atoms with Gasteiger partial charge in [-0.1, -0.05) is 18.2 Å². The lowest BCUT2D eigenvalue weighted by molar-refractivity contribution is -0.134. The van der Waals surface area contributed by atoms with Gasteiger partial charge in [0.25, 0.3) is 5.91 Å². The Hall–Kier alpha value is -3.35. The number of rotatable bonds is 7. The van der Waals surface area contributed by atoms with Gasteiger partial charge in [-0.3, -0.25) is 4.79 Å². The van der Waals surface area contributed by atoms with E-state index in [0.717, 1.165) is 24.0 Å². The van der Waals surface area contributed by atoms with Gasteiger partial charge in [-0.05, 0) is 55.2 Å². The quantitative estimate of drug-likeness (QED) is 0.560. The average Bonchev–Trinajstić information content (AvgIpc) is 3.43. The van der Waals surface area contributed by atoms with E-state index in [1.165, 1.54) is 12.1 Å². The number of nitrogens with zero attached hydrogens (tertiary/aromatic N) is 2. The number of carbonyl (C=O) groups excluding carboxylic acids is 1. The summed E-state index contributed by atoms with van der Waals surface area (Å²) < 4.78 is 30.1. The summed E-state index contributed by atoms with van der Waals surface area (Å²) in [6.07, 6.45) is 3.85. The van der Waals surface area contributed by atoms with Crippen LogP contribution in [0.2, 0.25) is 0 Å². The van der Waals surface area contributed by atoms with Crippen molar-refractivity contribution < 1.29 is 23.1 Å². The molecule has 2 aromatic carbocycles. The maximum atomic E-state index is 13.1. The molecule has 0 saturated carbocycles. The third-order valence-corrected chi connectivity index (χ3v) is 5.39. The fourth-order valence-electron chi connectivity index (χ4n) is 3.80. The lowest BCUT2D eigenvalue weighted by Gasteiger charge is -2.22. The van der Waals surface area contributed by atoms with E-state index < -0.39 is 0 Å². The van der Waals surface area contributed by atoms with Gasteiger partial charge >= 0.3 is 0 Å². The summed E-state index contributed by atoms with van der Waals surface area (Å²) in [6.45, 7) is 2.51. The molecule has 1 aliphatic heterocycles. The minimum absolute atomic E-state index is 0.0843. The Morgan fingerprint density at radius 1 is 1.23 bits per heavy atom. The van der Waals surface area contributed by atoms with Gasteiger partial charge in [0.15, 0.2) is 18.1 Å². The number of halogens is 1. The molecule has 0 radical (unpaired) electrons. The first-order valence-electron chi connectivity index (χ1n) is 10.3. The molecule has 1 aliphatic rings. The zero-order valence-electron chi connectivity index (χ0n) is 17.6. The van der Waals surface area contributed by atoms with Crippen molar-refractivity contribution in [3.8, 4) is 11.5 Å². The number of methoxy groups -OCH3 is 1. The van der Waals surface area contributed by atoms with Crippen molar-refractivity contribution in [3.63, 3.8) is 0 Å². The lowest BCUT2D eigenvalue weighted by atomic mass is 10.1. The summed E-state index contributed by atoms with van der Waals surface area (Å²) in [5.74, 6) is 1.95. The Morgan fingerprint density at radius 2 is 2.03 bits per heavy atom. The van der Waals surface area contributed by atoms with Crippen molar-refractivity contribution in [2.75, 3.05) is 20.3 Å². The van der Waals surface area contributed by atoms with E-state index in [9.17, 15) is 9.18 Å². The van der Waals surface area contributed by atoms with E-state index in [1.807, 2.05) is 19.1 Å². The van der Waals surface area contributed by atoms with Crippen LogP contribution in [0.1, 0.15) is 41.7 Å². The molecule has 2 heterocycles. The van der Waals surface area contributed by atoms with E-state index >= 15 is 0 Å². The van der Waals surface area contributed by atoms with Gasteiger partial charge in [0, 0.05) is 13.0 Å². The molecule has 4 rings (SSSR count). The van der Waals surface area contributed by atoms with Gasteiger partial charge in [-0.15, -0.1) is 0 Å². The number of hydrogen-bond donors (Lipinski definition) is 0. The van der Waals surface area contributed by atoms with E-state index in [0.29, 0.717) is 36.1 Å². The van der Waals surface area contributed by atoms with E-state index in [2.05, 4.69) is 4.98 Å². The van der Waals surface area contributed by atoms with Crippen LogP contribution in [0.3, 0.4) is 0 Å². The largest absolute Gasteiger partial charge is 0.493 e. The number of likely N-dealkylation sites (tertiary alicyclic amines) is 1. The second-order valence-corrected chi connectivity index (χ2v) is 7.66. The van der Waals surface area contributed by atoms with E-state index in [1.54, 1.807) is 36.4 Å². The number of oxazole rings is 1. The van der Waals surface area contributed by atoms with Crippen LogP contribution in [0.5, 0.6) is 11.5 Å². The topological polar surface area (TPSA) is 64.8 Å². The normalized spacial score (nSPS) is 15.8. The minimum Gasteiger partial charge on any atom is -0.493 e. The number of amides is 1. The molecule has 1 amide bonds. The van der Waals surface area contributed by atoms with Crippen molar-refractivity contribution >= 4 is 5.91 Å². The fraction of sp³-hybridized carbons (Fsp3) is 0.333. The molecule has 3 aromatic rings. The standard InChI is InChI=1S/C24H25FN2O4/c1-16-5-10-21(22(12-16)29-2)30-15-23(28)27-11-3-4-20(27)24-26-14-19(31-24)13-17-6-8-18(25)9-7-17/h5-10,12,14,20H,3-4,11,13,15H2,1-2H3/t20-/m0/s1. The average molecular weight is 424 g/mol. The van der Waals surface area contributed by atoms with Gasteiger partial charge in [0.2, 0.25) is 5.89 Å². The van der Waals surface area contributed by atoms with Crippen LogP contribution in [0.25, 0.3) is 0 Å². The summed E-state index contributed by atoms with van der Waals surface area (Å²) in [6, 6.07) is 11.7. The Labute approximate surface area is 180 Å². The Kier molecular flexibility index (Phi) is 6.21. The zero-order valence-corrected chi connectivity index (χ0v) is 17.6. The summed E-state index contributed by atoms with van der Waals surface area (Å²) >= 11 is 0. The highest BCUT2D eigenvalue weighted by Gasteiger charge is 2.33. The van der Waals surface area contributed by atoms with Crippen molar-refractivity contribution in [2.45, 2.75) is 32.2 Å². The lowest BCUT2D eigenvalue weighted by Crippen LogP contribution is -2.34. The fourth-order valence-corrected chi connectivity index (χ4v) is 3.80. The van der Waals surface area contributed by atoms with Crippen LogP contribution in [0.4, 0.5) is 4.39 Å². The molecule has 7 heteroatoms. The number of carbonyl (C=O) groups is 1. The van der Waals surface area contributed by atoms with Crippen LogP contribution in [0.15, 0.2) is 53.1 Å². The second-order valence-electron chi connectivity index (χ2n) is 7.66. The van der Waals surface area contributed by atoms with Gasteiger partial charge in [0.05, 0.1) is 13.3 Å². The van der Waals surface area contributed by atoms with Crippen LogP contribution < -0.4 is 9.47 Å². The van der Waals surface area contributed by atoms with E-state index in [4.69, 9.17) is 13.9 Å².